The number of hydrogen-bond donors (Lipinski definition) is 0. The van der Waals surface area contributed by atoms with E-state index < -0.39 is 0 Å². The molecule has 0 saturated carbocycles. The molecule has 3 aromatic rings. The number of carbonyl (C=O) groups is 1. The second-order valence-electron chi connectivity index (χ2n) is 7.96. The Morgan fingerprint density at radius 3 is 2.77 bits per heavy atom. The average molecular weight is 405 g/mol. The lowest BCUT2D eigenvalue weighted by atomic mass is 9.86. The van der Waals surface area contributed by atoms with Crippen LogP contribution in [0.1, 0.15) is 43.1 Å². The van der Waals surface area contributed by atoms with Crippen molar-refractivity contribution >= 4 is 5.97 Å². The maximum Gasteiger partial charge on any atom is 0.309 e. The van der Waals surface area contributed by atoms with E-state index >= 15 is 0 Å². The van der Waals surface area contributed by atoms with Gasteiger partial charge in [0, 0.05) is 35.5 Å². The Kier molecular flexibility index (Phi) is 5.84. The number of nitrogens with zero attached hydrogens (tertiary/aromatic N) is 3. The Balaban J connectivity index is 1.62. The summed E-state index contributed by atoms with van der Waals surface area (Å²) in [7, 11) is 1.45. The van der Waals surface area contributed by atoms with Crippen molar-refractivity contribution in [2.75, 3.05) is 7.11 Å². The molecule has 0 saturated heterocycles. The number of ether oxygens (including phenoxy) is 2. The molecule has 6 heteroatoms. The van der Waals surface area contributed by atoms with Gasteiger partial charge in [-0.05, 0) is 38.3 Å². The Morgan fingerprint density at radius 1 is 1.23 bits per heavy atom. The largest absolute Gasteiger partial charge is 0.487 e. The third-order valence-electron chi connectivity index (χ3n) is 5.56. The summed E-state index contributed by atoms with van der Waals surface area (Å²) >= 11 is 0. The van der Waals surface area contributed by atoms with E-state index in [0.29, 0.717) is 18.8 Å². The van der Waals surface area contributed by atoms with Crippen molar-refractivity contribution in [2.45, 2.75) is 45.8 Å². The Hall–Kier alpha value is -3.15. The van der Waals surface area contributed by atoms with E-state index in [9.17, 15) is 4.79 Å². The molecule has 1 atom stereocenters. The maximum atomic E-state index is 12.1. The predicted molar refractivity (Wildman–Crippen MR) is 114 cm³/mol. The van der Waals surface area contributed by atoms with Gasteiger partial charge < -0.3 is 9.47 Å². The van der Waals surface area contributed by atoms with Crippen LogP contribution in [0.3, 0.4) is 0 Å². The predicted octanol–water partition coefficient (Wildman–Crippen LogP) is 4.38. The van der Waals surface area contributed by atoms with Crippen LogP contribution in [0.4, 0.5) is 0 Å². The van der Waals surface area contributed by atoms with Crippen molar-refractivity contribution in [1.82, 2.24) is 14.8 Å². The Morgan fingerprint density at radius 2 is 2.03 bits per heavy atom. The highest BCUT2D eigenvalue weighted by molar-refractivity contribution is 5.74. The summed E-state index contributed by atoms with van der Waals surface area (Å²) in [5, 5.41) is 4.91. The molecule has 2 aromatic heterocycles. The summed E-state index contributed by atoms with van der Waals surface area (Å²) in [6, 6.07) is 12.3. The SMILES string of the molecule is COC(=O)[C@@H]1CCc2c(-c3cncc(OCc4ccccc4)c3)nn(C(C)C)c2C1. The highest BCUT2D eigenvalue weighted by atomic mass is 16.5. The molecule has 0 unspecified atom stereocenters. The van der Waals surface area contributed by atoms with Crippen molar-refractivity contribution in [3.63, 3.8) is 0 Å². The first-order valence-electron chi connectivity index (χ1n) is 10.4. The van der Waals surface area contributed by atoms with Gasteiger partial charge in [-0.2, -0.15) is 5.10 Å². The van der Waals surface area contributed by atoms with E-state index in [1.807, 2.05) is 47.3 Å². The molecule has 30 heavy (non-hydrogen) atoms. The van der Waals surface area contributed by atoms with Gasteiger partial charge in [-0.25, -0.2) is 0 Å². The number of methoxy groups -OCH3 is 1. The van der Waals surface area contributed by atoms with Crippen LogP contribution in [0.5, 0.6) is 5.75 Å². The van der Waals surface area contributed by atoms with Gasteiger partial charge in [0.2, 0.25) is 0 Å². The number of carbonyl (C=O) groups excluding carboxylic acids is 1. The van der Waals surface area contributed by atoms with Crippen LogP contribution in [-0.2, 0) is 29.0 Å². The first-order valence-corrected chi connectivity index (χ1v) is 10.4. The van der Waals surface area contributed by atoms with E-state index in [2.05, 4.69) is 18.8 Å². The topological polar surface area (TPSA) is 66.2 Å². The number of pyridine rings is 1. The molecule has 4 rings (SSSR count). The van der Waals surface area contributed by atoms with Crippen LogP contribution in [0.2, 0.25) is 0 Å². The Bertz CT molecular complexity index is 1030. The molecule has 0 N–H and O–H groups in total. The molecule has 0 amide bonds. The second kappa shape index (κ2) is 8.69. The first kappa shape index (κ1) is 20.1. The van der Waals surface area contributed by atoms with Gasteiger partial charge in [-0.1, -0.05) is 30.3 Å². The van der Waals surface area contributed by atoms with Crippen molar-refractivity contribution in [3.05, 3.63) is 65.6 Å². The molecule has 0 fully saturated rings. The second-order valence-corrected chi connectivity index (χ2v) is 7.96. The van der Waals surface area contributed by atoms with Gasteiger partial charge in [-0.15, -0.1) is 0 Å². The molecule has 1 aliphatic rings. The van der Waals surface area contributed by atoms with Gasteiger partial charge >= 0.3 is 5.97 Å². The first-order chi connectivity index (χ1) is 14.6. The zero-order valence-electron chi connectivity index (χ0n) is 17.7. The van der Waals surface area contributed by atoms with Crippen molar-refractivity contribution in [1.29, 1.82) is 0 Å². The highest BCUT2D eigenvalue weighted by Crippen LogP contribution is 2.35. The minimum absolute atomic E-state index is 0.108. The minimum Gasteiger partial charge on any atom is -0.487 e. The number of aromatic nitrogens is 3. The third kappa shape index (κ3) is 4.08. The van der Waals surface area contributed by atoms with Gasteiger partial charge in [0.05, 0.1) is 24.9 Å². The molecule has 1 aliphatic carbocycles. The van der Waals surface area contributed by atoms with Crippen LogP contribution < -0.4 is 4.74 Å². The van der Waals surface area contributed by atoms with Gasteiger partial charge in [0.15, 0.2) is 0 Å². The quantitative estimate of drug-likeness (QED) is 0.569. The van der Waals surface area contributed by atoms with Crippen molar-refractivity contribution < 1.29 is 14.3 Å². The summed E-state index contributed by atoms with van der Waals surface area (Å²) in [4.78, 5) is 16.5. The number of esters is 1. The van der Waals surface area contributed by atoms with Crippen LogP contribution in [0.15, 0.2) is 48.8 Å². The summed E-state index contributed by atoms with van der Waals surface area (Å²) in [6.45, 7) is 4.71. The summed E-state index contributed by atoms with van der Waals surface area (Å²) < 4.78 is 13.0. The number of benzene rings is 1. The summed E-state index contributed by atoms with van der Waals surface area (Å²) in [6.07, 6.45) is 5.78. The maximum absolute atomic E-state index is 12.1. The van der Waals surface area contributed by atoms with Crippen molar-refractivity contribution in [3.8, 4) is 17.0 Å². The molecular formula is C24H27N3O3. The van der Waals surface area contributed by atoms with Crippen LogP contribution in [0, 0.1) is 5.92 Å². The fourth-order valence-corrected chi connectivity index (χ4v) is 4.03. The van der Waals surface area contributed by atoms with Crippen LogP contribution in [0.25, 0.3) is 11.3 Å². The van der Waals surface area contributed by atoms with E-state index in [1.165, 1.54) is 12.7 Å². The molecule has 1 aromatic carbocycles. The monoisotopic (exact) mass is 405 g/mol. The number of fused-ring (bicyclic) bond motifs is 1. The van der Waals surface area contributed by atoms with E-state index in [4.69, 9.17) is 14.6 Å². The minimum atomic E-state index is -0.142. The Labute approximate surface area is 176 Å². The van der Waals surface area contributed by atoms with Crippen LogP contribution >= 0.6 is 0 Å². The molecule has 6 nitrogen and oxygen atoms in total. The normalized spacial score (nSPS) is 15.7. The number of hydrogen-bond acceptors (Lipinski definition) is 5. The molecule has 0 aliphatic heterocycles. The lowest BCUT2D eigenvalue weighted by Gasteiger charge is -2.22. The molecule has 2 heterocycles. The lowest BCUT2D eigenvalue weighted by molar-refractivity contribution is -0.145. The standard InChI is InChI=1S/C24H27N3O3/c1-16(2)27-22-12-18(24(28)29-3)9-10-21(22)23(26-27)19-11-20(14-25-13-19)30-15-17-7-5-4-6-8-17/h4-8,11,13-14,16,18H,9-10,12,15H2,1-3H3/t18-/m1/s1. The zero-order valence-corrected chi connectivity index (χ0v) is 17.7. The van der Waals surface area contributed by atoms with Gasteiger partial charge in [-0.3, -0.25) is 14.5 Å². The fourth-order valence-electron chi connectivity index (χ4n) is 4.03. The van der Waals surface area contributed by atoms with Gasteiger partial charge in [0.25, 0.3) is 0 Å². The average Bonchev–Trinajstić information content (AvgIpc) is 3.17. The van der Waals surface area contributed by atoms with Crippen LogP contribution in [-0.4, -0.2) is 27.8 Å². The summed E-state index contributed by atoms with van der Waals surface area (Å²) in [5.41, 5.74) is 5.30. The van der Waals surface area contributed by atoms with E-state index in [0.717, 1.165) is 35.4 Å². The molecule has 156 valence electrons. The molecular weight excluding hydrogens is 378 g/mol. The van der Waals surface area contributed by atoms with E-state index in [-0.39, 0.29) is 17.9 Å². The zero-order chi connectivity index (χ0) is 21.1. The van der Waals surface area contributed by atoms with E-state index in [1.54, 1.807) is 6.20 Å². The third-order valence-corrected chi connectivity index (χ3v) is 5.56. The highest BCUT2D eigenvalue weighted by Gasteiger charge is 2.31. The molecule has 0 bridgehead atoms. The number of rotatable bonds is 6. The fraction of sp³-hybridized carbons (Fsp3) is 0.375. The smallest absolute Gasteiger partial charge is 0.309 e. The molecule has 0 spiro atoms. The van der Waals surface area contributed by atoms with Crippen molar-refractivity contribution in [2.24, 2.45) is 5.92 Å². The lowest BCUT2D eigenvalue weighted by Crippen LogP contribution is -2.25. The van der Waals surface area contributed by atoms with Gasteiger partial charge in [0.1, 0.15) is 12.4 Å². The molecule has 0 radical (unpaired) electrons. The summed E-state index contributed by atoms with van der Waals surface area (Å²) in [5.74, 6) is 0.465.